The lowest BCUT2D eigenvalue weighted by Gasteiger charge is -2.20. The normalized spacial score (nSPS) is 16.8. The van der Waals surface area contributed by atoms with Crippen molar-refractivity contribution in [3.63, 3.8) is 0 Å². The largest absolute Gasteiger partial charge is 0.331 e. The molecular formula is C14H25N3. The molecule has 3 heteroatoms. The maximum absolute atomic E-state index is 4.52. The Morgan fingerprint density at radius 3 is 3.12 bits per heavy atom. The Labute approximate surface area is 105 Å². The lowest BCUT2D eigenvalue weighted by Crippen LogP contribution is -2.25. The standard InChI is InChI=1S/C14H25N3/c1-3-4-5-6-7-12(2)17-11-16-13-10-15-9-8-14(13)17/h11-12,15H,3-10H2,1-2H3. The monoisotopic (exact) mass is 235 g/mol. The fourth-order valence-corrected chi connectivity index (χ4v) is 2.65. The summed E-state index contributed by atoms with van der Waals surface area (Å²) < 4.78 is 2.40. The van der Waals surface area contributed by atoms with Gasteiger partial charge in [0, 0.05) is 31.2 Å². The van der Waals surface area contributed by atoms with Gasteiger partial charge in [0.05, 0.1) is 12.0 Å². The molecule has 17 heavy (non-hydrogen) atoms. The molecule has 0 radical (unpaired) electrons. The number of unbranched alkanes of at least 4 members (excludes halogenated alkanes) is 3. The Kier molecular flexibility index (Phi) is 4.60. The zero-order valence-electron chi connectivity index (χ0n) is 11.2. The van der Waals surface area contributed by atoms with Gasteiger partial charge in [0.25, 0.3) is 0 Å². The van der Waals surface area contributed by atoms with Crippen LogP contribution in [0.2, 0.25) is 0 Å². The highest BCUT2D eigenvalue weighted by atomic mass is 15.1. The van der Waals surface area contributed by atoms with Crippen LogP contribution in [0.25, 0.3) is 0 Å². The van der Waals surface area contributed by atoms with Gasteiger partial charge in [-0.15, -0.1) is 0 Å². The van der Waals surface area contributed by atoms with E-state index in [0.717, 1.165) is 19.5 Å². The number of hydrogen-bond acceptors (Lipinski definition) is 2. The van der Waals surface area contributed by atoms with E-state index in [1.165, 1.54) is 43.5 Å². The van der Waals surface area contributed by atoms with E-state index in [0.29, 0.717) is 6.04 Å². The van der Waals surface area contributed by atoms with Crippen molar-refractivity contribution in [3.05, 3.63) is 17.7 Å². The summed E-state index contributed by atoms with van der Waals surface area (Å²) in [5.41, 5.74) is 2.73. The zero-order chi connectivity index (χ0) is 12.1. The zero-order valence-corrected chi connectivity index (χ0v) is 11.2. The first-order chi connectivity index (χ1) is 8.33. The summed E-state index contributed by atoms with van der Waals surface area (Å²) in [5, 5.41) is 3.38. The second-order valence-electron chi connectivity index (χ2n) is 5.17. The first-order valence-electron chi connectivity index (χ1n) is 7.08. The van der Waals surface area contributed by atoms with E-state index < -0.39 is 0 Å². The second-order valence-corrected chi connectivity index (χ2v) is 5.17. The van der Waals surface area contributed by atoms with E-state index in [9.17, 15) is 0 Å². The maximum Gasteiger partial charge on any atom is 0.0954 e. The van der Waals surface area contributed by atoms with Crippen molar-refractivity contribution < 1.29 is 0 Å². The van der Waals surface area contributed by atoms with Crippen LogP contribution in [0.4, 0.5) is 0 Å². The summed E-state index contributed by atoms with van der Waals surface area (Å²) >= 11 is 0. The smallest absolute Gasteiger partial charge is 0.0954 e. The summed E-state index contributed by atoms with van der Waals surface area (Å²) in [6.45, 7) is 6.64. The van der Waals surface area contributed by atoms with Crippen molar-refractivity contribution in [2.75, 3.05) is 6.54 Å². The van der Waals surface area contributed by atoms with Gasteiger partial charge in [-0.25, -0.2) is 4.98 Å². The first-order valence-corrected chi connectivity index (χ1v) is 7.08. The number of imidazole rings is 1. The van der Waals surface area contributed by atoms with Gasteiger partial charge >= 0.3 is 0 Å². The minimum Gasteiger partial charge on any atom is -0.331 e. The Hall–Kier alpha value is -0.830. The number of nitrogens with one attached hydrogen (secondary N) is 1. The van der Waals surface area contributed by atoms with Crippen LogP contribution in [-0.4, -0.2) is 16.1 Å². The van der Waals surface area contributed by atoms with Crippen molar-refractivity contribution in [2.45, 2.75) is 65.0 Å². The fourth-order valence-electron chi connectivity index (χ4n) is 2.65. The van der Waals surface area contributed by atoms with E-state index in [-0.39, 0.29) is 0 Å². The predicted octanol–water partition coefficient (Wildman–Crippen LogP) is 3.06. The molecule has 0 amide bonds. The first kappa shape index (κ1) is 12.6. The SMILES string of the molecule is CCCCCCC(C)n1cnc2c1CCNC2. The molecule has 0 saturated carbocycles. The third-order valence-electron chi connectivity index (χ3n) is 3.76. The Balaban J connectivity index is 1.90. The van der Waals surface area contributed by atoms with E-state index in [1.54, 1.807) is 0 Å². The summed E-state index contributed by atoms with van der Waals surface area (Å²) in [6.07, 6.45) is 9.88. The van der Waals surface area contributed by atoms with E-state index in [1.807, 2.05) is 6.33 Å². The highest BCUT2D eigenvalue weighted by Gasteiger charge is 2.17. The van der Waals surface area contributed by atoms with Gasteiger partial charge in [0.1, 0.15) is 0 Å². The number of nitrogens with zero attached hydrogens (tertiary/aromatic N) is 2. The summed E-state index contributed by atoms with van der Waals surface area (Å²) in [7, 11) is 0. The molecule has 2 heterocycles. The molecule has 0 bridgehead atoms. The second kappa shape index (κ2) is 6.20. The van der Waals surface area contributed by atoms with Crippen LogP contribution < -0.4 is 5.32 Å². The van der Waals surface area contributed by atoms with Crippen LogP contribution in [-0.2, 0) is 13.0 Å². The number of aromatic nitrogens is 2. The summed E-state index contributed by atoms with van der Waals surface area (Å²) in [4.78, 5) is 4.52. The van der Waals surface area contributed by atoms with Gasteiger partial charge in [-0.1, -0.05) is 32.6 Å². The maximum atomic E-state index is 4.52. The third kappa shape index (κ3) is 3.09. The fraction of sp³-hybridized carbons (Fsp3) is 0.786. The molecule has 1 aliphatic heterocycles. The molecule has 1 unspecified atom stereocenters. The van der Waals surface area contributed by atoms with Crippen LogP contribution in [0.1, 0.15) is 63.4 Å². The van der Waals surface area contributed by atoms with Crippen LogP contribution in [0.15, 0.2) is 6.33 Å². The lowest BCUT2D eigenvalue weighted by molar-refractivity contribution is 0.453. The average Bonchev–Trinajstić information content (AvgIpc) is 2.78. The van der Waals surface area contributed by atoms with Crippen LogP contribution in [0.5, 0.6) is 0 Å². The Morgan fingerprint density at radius 1 is 1.41 bits per heavy atom. The average molecular weight is 235 g/mol. The number of hydrogen-bond donors (Lipinski definition) is 1. The van der Waals surface area contributed by atoms with Gasteiger partial charge in [-0.2, -0.15) is 0 Å². The quantitative estimate of drug-likeness (QED) is 0.768. The molecule has 3 nitrogen and oxygen atoms in total. The molecule has 0 saturated heterocycles. The Morgan fingerprint density at radius 2 is 2.29 bits per heavy atom. The molecule has 0 fully saturated rings. The molecule has 0 spiro atoms. The highest BCUT2D eigenvalue weighted by molar-refractivity contribution is 5.17. The lowest BCUT2D eigenvalue weighted by atomic mass is 10.1. The van der Waals surface area contributed by atoms with Crippen molar-refractivity contribution in [3.8, 4) is 0 Å². The highest BCUT2D eigenvalue weighted by Crippen LogP contribution is 2.21. The molecule has 0 aromatic carbocycles. The predicted molar refractivity (Wildman–Crippen MR) is 71.1 cm³/mol. The molecule has 1 aromatic rings. The van der Waals surface area contributed by atoms with Crippen LogP contribution in [0, 0.1) is 0 Å². The van der Waals surface area contributed by atoms with Crippen LogP contribution >= 0.6 is 0 Å². The Bertz CT molecular complexity index is 343. The van der Waals surface area contributed by atoms with Gasteiger partial charge in [-0.05, 0) is 13.3 Å². The van der Waals surface area contributed by atoms with E-state index in [4.69, 9.17) is 0 Å². The number of fused-ring (bicyclic) bond motifs is 1. The van der Waals surface area contributed by atoms with Crippen LogP contribution in [0.3, 0.4) is 0 Å². The van der Waals surface area contributed by atoms with Crippen molar-refractivity contribution in [2.24, 2.45) is 0 Å². The molecule has 1 N–H and O–H groups in total. The van der Waals surface area contributed by atoms with Crippen molar-refractivity contribution in [1.29, 1.82) is 0 Å². The molecule has 1 atom stereocenters. The van der Waals surface area contributed by atoms with Gasteiger partial charge in [0.2, 0.25) is 0 Å². The van der Waals surface area contributed by atoms with Gasteiger partial charge in [-0.3, -0.25) is 0 Å². The minimum atomic E-state index is 0.612. The van der Waals surface area contributed by atoms with Crippen molar-refractivity contribution >= 4 is 0 Å². The summed E-state index contributed by atoms with van der Waals surface area (Å²) in [6, 6.07) is 0.612. The van der Waals surface area contributed by atoms with E-state index >= 15 is 0 Å². The van der Waals surface area contributed by atoms with Gasteiger partial charge in [0.15, 0.2) is 0 Å². The summed E-state index contributed by atoms with van der Waals surface area (Å²) in [5.74, 6) is 0. The van der Waals surface area contributed by atoms with E-state index in [2.05, 4.69) is 28.7 Å². The topological polar surface area (TPSA) is 29.9 Å². The van der Waals surface area contributed by atoms with Crippen molar-refractivity contribution in [1.82, 2.24) is 14.9 Å². The molecule has 1 aliphatic rings. The minimum absolute atomic E-state index is 0.612. The number of rotatable bonds is 6. The third-order valence-corrected chi connectivity index (χ3v) is 3.76. The van der Waals surface area contributed by atoms with Gasteiger partial charge < -0.3 is 9.88 Å². The molecular weight excluding hydrogens is 210 g/mol. The molecule has 1 aromatic heterocycles. The molecule has 2 rings (SSSR count). The molecule has 0 aliphatic carbocycles. The molecule has 96 valence electrons.